The van der Waals surface area contributed by atoms with Crippen LogP contribution in [0.3, 0.4) is 0 Å². The number of hydrogen-bond acceptors (Lipinski definition) is 4. The molecule has 1 atom stereocenters. The van der Waals surface area contributed by atoms with Crippen molar-refractivity contribution in [2.24, 2.45) is 0 Å². The number of rotatable bonds is 1. The number of thioether (sulfide) groups is 1. The molecule has 2 saturated heterocycles. The number of morpholine rings is 1. The monoisotopic (exact) mass is 312 g/mol. The molecule has 3 aliphatic rings. The molecule has 2 aliphatic heterocycles. The Labute approximate surface area is 130 Å². The molecule has 0 radical (unpaired) electrons. The maximum absolute atomic E-state index is 12.7. The van der Waals surface area contributed by atoms with E-state index >= 15 is 0 Å². The summed E-state index contributed by atoms with van der Waals surface area (Å²) in [6.07, 6.45) is 4.48. The number of carbonyl (C=O) groups excluding carboxylic acids is 2. The van der Waals surface area contributed by atoms with Crippen molar-refractivity contribution in [2.75, 3.05) is 25.4 Å². The van der Waals surface area contributed by atoms with Crippen LogP contribution in [0.2, 0.25) is 0 Å². The zero-order valence-corrected chi connectivity index (χ0v) is 13.6. The van der Waals surface area contributed by atoms with Crippen LogP contribution in [0.15, 0.2) is 0 Å². The Morgan fingerprint density at radius 3 is 2.76 bits per heavy atom. The molecule has 0 aromatic rings. The van der Waals surface area contributed by atoms with E-state index in [0.717, 1.165) is 12.8 Å². The second-order valence-electron chi connectivity index (χ2n) is 6.85. The summed E-state index contributed by atoms with van der Waals surface area (Å²) in [7, 11) is 0. The normalized spacial score (nSPS) is 31.2. The van der Waals surface area contributed by atoms with Gasteiger partial charge in [-0.05, 0) is 26.7 Å². The summed E-state index contributed by atoms with van der Waals surface area (Å²) in [6, 6.07) is -0.382. The van der Waals surface area contributed by atoms with Gasteiger partial charge in [0.2, 0.25) is 11.8 Å². The van der Waals surface area contributed by atoms with Gasteiger partial charge in [0.05, 0.1) is 17.0 Å². The van der Waals surface area contributed by atoms with Crippen LogP contribution in [-0.4, -0.2) is 58.6 Å². The molecule has 2 amide bonds. The highest BCUT2D eigenvalue weighted by molar-refractivity contribution is 8.01. The number of nitrogens with zero attached hydrogens (tertiary/aromatic N) is 1. The van der Waals surface area contributed by atoms with E-state index in [-0.39, 0.29) is 23.5 Å². The maximum atomic E-state index is 12.7. The van der Waals surface area contributed by atoms with Crippen molar-refractivity contribution in [3.63, 3.8) is 0 Å². The van der Waals surface area contributed by atoms with Gasteiger partial charge in [0.25, 0.3) is 0 Å². The molecular weight excluding hydrogens is 288 g/mol. The molecule has 1 saturated carbocycles. The third kappa shape index (κ3) is 2.93. The summed E-state index contributed by atoms with van der Waals surface area (Å²) in [5, 5.41) is 2.89. The van der Waals surface area contributed by atoms with Gasteiger partial charge < -0.3 is 15.0 Å². The molecule has 3 fully saturated rings. The van der Waals surface area contributed by atoms with E-state index in [1.807, 2.05) is 18.7 Å². The van der Waals surface area contributed by atoms with E-state index in [1.165, 1.54) is 12.8 Å². The SMILES string of the molecule is CC1(C)SC[C@H](C(=O)N2CCOC3(CCCC3)C2)NC1=O. The lowest BCUT2D eigenvalue weighted by Crippen LogP contribution is -2.61. The Balaban J connectivity index is 1.64. The Hall–Kier alpha value is -0.750. The van der Waals surface area contributed by atoms with Gasteiger partial charge in [0.15, 0.2) is 0 Å². The van der Waals surface area contributed by atoms with Gasteiger partial charge in [-0.25, -0.2) is 0 Å². The van der Waals surface area contributed by atoms with Crippen molar-refractivity contribution in [1.82, 2.24) is 10.2 Å². The highest BCUT2D eigenvalue weighted by Crippen LogP contribution is 2.36. The van der Waals surface area contributed by atoms with Crippen LogP contribution in [0.4, 0.5) is 0 Å². The van der Waals surface area contributed by atoms with Gasteiger partial charge in [-0.15, -0.1) is 11.8 Å². The molecule has 6 heteroatoms. The molecule has 21 heavy (non-hydrogen) atoms. The standard InChI is InChI=1S/C15H24N2O3S/c1-14(2)13(19)16-11(9-21-14)12(18)17-7-8-20-15(10-17)5-3-4-6-15/h11H,3-10H2,1-2H3,(H,16,19)/t11-/m1/s1. The highest BCUT2D eigenvalue weighted by Gasteiger charge is 2.44. The minimum absolute atomic E-state index is 0.0408. The third-order valence-corrected chi connectivity index (χ3v) is 6.24. The molecule has 118 valence electrons. The lowest BCUT2D eigenvalue weighted by Gasteiger charge is -2.42. The first-order valence-electron chi connectivity index (χ1n) is 7.80. The first-order valence-corrected chi connectivity index (χ1v) is 8.78. The first-order chi connectivity index (χ1) is 9.92. The number of nitrogens with one attached hydrogen (secondary N) is 1. The van der Waals surface area contributed by atoms with E-state index < -0.39 is 4.75 Å². The molecule has 5 nitrogen and oxygen atoms in total. The molecule has 0 aromatic carbocycles. The number of ether oxygens (including phenoxy) is 1. The fraction of sp³-hybridized carbons (Fsp3) is 0.867. The van der Waals surface area contributed by atoms with E-state index in [4.69, 9.17) is 4.74 Å². The second-order valence-corrected chi connectivity index (χ2v) is 8.49. The molecular formula is C15H24N2O3S. The van der Waals surface area contributed by atoms with Crippen molar-refractivity contribution in [3.05, 3.63) is 0 Å². The Kier molecular flexibility index (Phi) is 3.94. The quantitative estimate of drug-likeness (QED) is 0.789. The van der Waals surface area contributed by atoms with Crippen molar-refractivity contribution < 1.29 is 14.3 Å². The van der Waals surface area contributed by atoms with Crippen molar-refractivity contribution in [3.8, 4) is 0 Å². The third-order valence-electron chi connectivity index (χ3n) is 4.84. The Morgan fingerprint density at radius 2 is 2.10 bits per heavy atom. The van der Waals surface area contributed by atoms with E-state index in [0.29, 0.717) is 25.4 Å². The summed E-state index contributed by atoms with van der Waals surface area (Å²) >= 11 is 1.56. The second kappa shape index (κ2) is 5.47. The lowest BCUT2D eigenvalue weighted by atomic mass is 9.99. The Bertz CT molecular complexity index is 446. The smallest absolute Gasteiger partial charge is 0.246 e. The minimum atomic E-state index is -0.436. The topological polar surface area (TPSA) is 58.6 Å². The molecule has 1 N–H and O–H groups in total. The predicted molar refractivity (Wildman–Crippen MR) is 82.2 cm³/mol. The van der Waals surface area contributed by atoms with E-state index in [2.05, 4.69) is 5.32 Å². The van der Waals surface area contributed by atoms with Crippen LogP contribution in [0.5, 0.6) is 0 Å². The lowest BCUT2D eigenvalue weighted by molar-refractivity contribution is -0.152. The molecule has 0 unspecified atom stereocenters. The number of amides is 2. The summed E-state index contributed by atoms with van der Waals surface area (Å²) < 4.78 is 5.53. The largest absolute Gasteiger partial charge is 0.371 e. The molecule has 0 bridgehead atoms. The van der Waals surface area contributed by atoms with Gasteiger partial charge in [-0.3, -0.25) is 9.59 Å². The summed E-state index contributed by atoms with van der Waals surface area (Å²) in [5.74, 6) is 0.670. The molecule has 3 rings (SSSR count). The molecule has 1 aliphatic carbocycles. The van der Waals surface area contributed by atoms with Crippen LogP contribution < -0.4 is 5.32 Å². The molecule has 2 heterocycles. The fourth-order valence-electron chi connectivity index (χ4n) is 3.44. The van der Waals surface area contributed by atoms with Crippen molar-refractivity contribution >= 4 is 23.6 Å². The van der Waals surface area contributed by atoms with Crippen molar-refractivity contribution in [1.29, 1.82) is 0 Å². The highest BCUT2D eigenvalue weighted by atomic mass is 32.2. The summed E-state index contributed by atoms with van der Waals surface area (Å²) in [5.41, 5.74) is -0.112. The Morgan fingerprint density at radius 1 is 1.38 bits per heavy atom. The molecule has 1 spiro atoms. The average molecular weight is 312 g/mol. The van der Waals surface area contributed by atoms with E-state index in [9.17, 15) is 9.59 Å². The predicted octanol–water partition coefficient (Wildman–Crippen LogP) is 1.17. The van der Waals surface area contributed by atoms with Crippen LogP contribution in [0.1, 0.15) is 39.5 Å². The van der Waals surface area contributed by atoms with Gasteiger partial charge in [0.1, 0.15) is 6.04 Å². The zero-order valence-electron chi connectivity index (χ0n) is 12.8. The molecule has 0 aromatic heterocycles. The summed E-state index contributed by atoms with van der Waals surface area (Å²) in [4.78, 5) is 26.6. The van der Waals surface area contributed by atoms with E-state index in [1.54, 1.807) is 11.8 Å². The van der Waals surface area contributed by atoms with Gasteiger partial charge in [-0.2, -0.15) is 0 Å². The van der Waals surface area contributed by atoms with Gasteiger partial charge in [0, 0.05) is 18.8 Å². The van der Waals surface area contributed by atoms with Crippen LogP contribution in [0, 0.1) is 0 Å². The number of hydrogen-bond donors (Lipinski definition) is 1. The average Bonchev–Trinajstić information content (AvgIpc) is 2.89. The van der Waals surface area contributed by atoms with Crippen LogP contribution in [-0.2, 0) is 14.3 Å². The number of carbonyl (C=O) groups is 2. The fourth-order valence-corrected chi connectivity index (χ4v) is 4.44. The maximum Gasteiger partial charge on any atom is 0.246 e. The van der Waals surface area contributed by atoms with Crippen LogP contribution in [0.25, 0.3) is 0 Å². The van der Waals surface area contributed by atoms with Crippen molar-refractivity contribution in [2.45, 2.75) is 55.9 Å². The van der Waals surface area contributed by atoms with Gasteiger partial charge >= 0.3 is 0 Å². The summed E-state index contributed by atoms with van der Waals surface area (Å²) in [6.45, 7) is 5.74. The zero-order chi connectivity index (χ0) is 15.1. The van der Waals surface area contributed by atoms with Gasteiger partial charge in [-0.1, -0.05) is 12.8 Å². The first kappa shape index (κ1) is 15.2. The van der Waals surface area contributed by atoms with Crippen LogP contribution >= 0.6 is 11.8 Å². The minimum Gasteiger partial charge on any atom is -0.371 e.